The summed E-state index contributed by atoms with van der Waals surface area (Å²) in [5.74, 6) is -0.444. The van der Waals surface area contributed by atoms with Crippen LogP contribution in [0.5, 0.6) is 0 Å². The molecule has 0 bridgehead atoms. The molecule has 3 aliphatic heterocycles. The standard InChI is InChI=1S/C25H35FN4O4/c1-28-20(7-8-22(31)29-12-9-18(10-13-29)25(33)34-2)15-27-24(32)23-21(28)11-14-30(23)16-17-3-5-19(26)6-4-17/h3-6,18,20-21,23H,7-16H2,1-2H3,(H,27,32)/t20-,21-,23-/m0/s1. The van der Waals surface area contributed by atoms with E-state index in [4.69, 9.17) is 4.74 Å². The number of hydrogen-bond donors (Lipinski definition) is 1. The molecule has 3 saturated heterocycles. The summed E-state index contributed by atoms with van der Waals surface area (Å²) in [5, 5.41) is 3.09. The summed E-state index contributed by atoms with van der Waals surface area (Å²) in [6.45, 7) is 3.08. The number of rotatable bonds is 6. The first-order chi connectivity index (χ1) is 16.4. The van der Waals surface area contributed by atoms with Gasteiger partial charge in [0.1, 0.15) is 11.9 Å². The van der Waals surface area contributed by atoms with Gasteiger partial charge in [-0.15, -0.1) is 0 Å². The second kappa shape index (κ2) is 10.8. The van der Waals surface area contributed by atoms with Crippen LogP contribution in [0.1, 0.15) is 37.7 Å². The molecule has 9 heteroatoms. The average Bonchev–Trinajstić information content (AvgIpc) is 3.23. The fourth-order valence-corrected chi connectivity index (χ4v) is 5.63. The van der Waals surface area contributed by atoms with Crippen LogP contribution in [0.4, 0.5) is 4.39 Å². The predicted octanol–water partition coefficient (Wildman–Crippen LogP) is 1.39. The van der Waals surface area contributed by atoms with Gasteiger partial charge in [0.25, 0.3) is 0 Å². The number of nitrogens with zero attached hydrogens (tertiary/aromatic N) is 3. The van der Waals surface area contributed by atoms with Crippen LogP contribution in [-0.4, -0.2) is 90.9 Å². The molecule has 4 rings (SSSR count). The van der Waals surface area contributed by atoms with E-state index in [2.05, 4.69) is 22.2 Å². The van der Waals surface area contributed by atoms with E-state index in [9.17, 15) is 18.8 Å². The third kappa shape index (κ3) is 5.41. The first kappa shape index (κ1) is 24.6. The van der Waals surface area contributed by atoms with Gasteiger partial charge < -0.3 is 15.0 Å². The van der Waals surface area contributed by atoms with Gasteiger partial charge in [0.2, 0.25) is 11.8 Å². The third-order valence-corrected chi connectivity index (χ3v) is 7.72. The Morgan fingerprint density at radius 1 is 1.12 bits per heavy atom. The lowest BCUT2D eigenvalue weighted by Crippen LogP contribution is -2.49. The van der Waals surface area contributed by atoms with Crippen molar-refractivity contribution in [2.75, 3.05) is 40.3 Å². The molecule has 8 nitrogen and oxygen atoms in total. The fourth-order valence-electron chi connectivity index (χ4n) is 5.63. The highest BCUT2D eigenvalue weighted by molar-refractivity contribution is 5.83. The molecule has 3 fully saturated rings. The van der Waals surface area contributed by atoms with Crippen molar-refractivity contribution in [1.29, 1.82) is 0 Å². The fraction of sp³-hybridized carbons (Fsp3) is 0.640. The number of piperidine rings is 1. The van der Waals surface area contributed by atoms with Gasteiger partial charge in [-0.2, -0.15) is 0 Å². The number of esters is 1. The molecule has 1 N–H and O–H groups in total. The van der Waals surface area contributed by atoms with Crippen LogP contribution in [0.25, 0.3) is 0 Å². The molecule has 0 radical (unpaired) electrons. The maximum absolute atomic E-state index is 13.3. The van der Waals surface area contributed by atoms with Gasteiger partial charge >= 0.3 is 5.97 Å². The highest BCUT2D eigenvalue weighted by atomic mass is 19.1. The Labute approximate surface area is 200 Å². The minimum absolute atomic E-state index is 0.0233. The molecule has 0 aromatic heterocycles. The molecular weight excluding hydrogens is 439 g/mol. The molecule has 1 aromatic rings. The van der Waals surface area contributed by atoms with Crippen LogP contribution < -0.4 is 5.32 Å². The zero-order valence-corrected chi connectivity index (χ0v) is 20.0. The lowest BCUT2D eigenvalue weighted by Gasteiger charge is -2.34. The number of likely N-dealkylation sites (N-methyl/N-ethyl adjacent to an activating group) is 1. The Hall–Kier alpha value is -2.52. The summed E-state index contributed by atoms with van der Waals surface area (Å²) < 4.78 is 18.1. The highest BCUT2D eigenvalue weighted by Gasteiger charge is 2.45. The predicted molar refractivity (Wildman–Crippen MR) is 124 cm³/mol. The Kier molecular flexibility index (Phi) is 7.83. The normalized spacial score (nSPS) is 26.6. The van der Waals surface area contributed by atoms with E-state index in [-0.39, 0.29) is 47.6 Å². The summed E-state index contributed by atoms with van der Waals surface area (Å²) in [6, 6.07) is 6.35. The van der Waals surface area contributed by atoms with Gasteiger partial charge in [0.05, 0.1) is 13.0 Å². The van der Waals surface area contributed by atoms with E-state index < -0.39 is 0 Å². The number of carbonyl (C=O) groups is 3. The number of ether oxygens (including phenoxy) is 1. The van der Waals surface area contributed by atoms with Crippen molar-refractivity contribution in [1.82, 2.24) is 20.0 Å². The van der Waals surface area contributed by atoms with Crippen LogP contribution in [0.15, 0.2) is 24.3 Å². The second-order valence-electron chi connectivity index (χ2n) is 9.68. The number of benzene rings is 1. The Balaban J connectivity index is 1.31. The van der Waals surface area contributed by atoms with Crippen molar-refractivity contribution < 1.29 is 23.5 Å². The molecule has 1 aromatic carbocycles. The second-order valence-corrected chi connectivity index (χ2v) is 9.68. The smallest absolute Gasteiger partial charge is 0.308 e. The molecule has 0 saturated carbocycles. The minimum Gasteiger partial charge on any atom is -0.469 e. The van der Waals surface area contributed by atoms with Crippen LogP contribution >= 0.6 is 0 Å². The maximum atomic E-state index is 13.3. The quantitative estimate of drug-likeness (QED) is 0.628. The van der Waals surface area contributed by atoms with Crippen molar-refractivity contribution in [2.24, 2.45) is 5.92 Å². The van der Waals surface area contributed by atoms with Crippen molar-refractivity contribution in [3.63, 3.8) is 0 Å². The minimum atomic E-state index is -0.264. The summed E-state index contributed by atoms with van der Waals surface area (Å²) in [5.41, 5.74) is 0.986. The molecule has 34 heavy (non-hydrogen) atoms. The van der Waals surface area contributed by atoms with E-state index in [0.29, 0.717) is 51.9 Å². The number of nitrogens with one attached hydrogen (secondary N) is 1. The van der Waals surface area contributed by atoms with Gasteiger partial charge in [-0.3, -0.25) is 24.2 Å². The first-order valence-electron chi connectivity index (χ1n) is 12.2. The zero-order valence-electron chi connectivity index (χ0n) is 20.0. The average molecular weight is 475 g/mol. The Bertz CT molecular complexity index is 887. The molecule has 3 heterocycles. The molecular formula is C25H35FN4O4. The summed E-state index contributed by atoms with van der Waals surface area (Å²) in [6.07, 6.45) is 3.26. The molecule has 2 amide bonds. The summed E-state index contributed by atoms with van der Waals surface area (Å²) in [7, 11) is 3.45. The zero-order chi connectivity index (χ0) is 24.2. The van der Waals surface area contributed by atoms with Crippen molar-refractivity contribution >= 4 is 17.8 Å². The number of halogens is 1. The van der Waals surface area contributed by atoms with E-state index in [0.717, 1.165) is 18.5 Å². The number of likely N-dealkylation sites (tertiary alicyclic amines) is 2. The Morgan fingerprint density at radius 3 is 2.50 bits per heavy atom. The lowest BCUT2D eigenvalue weighted by atomic mass is 9.96. The summed E-state index contributed by atoms with van der Waals surface area (Å²) in [4.78, 5) is 43.8. The van der Waals surface area contributed by atoms with Gasteiger partial charge in [-0.05, 0) is 50.4 Å². The summed E-state index contributed by atoms with van der Waals surface area (Å²) >= 11 is 0. The van der Waals surface area contributed by atoms with Gasteiger partial charge in [0, 0.05) is 51.2 Å². The van der Waals surface area contributed by atoms with E-state index >= 15 is 0 Å². The first-order valence-corrected chi connectivity index (χ1v) is 12.2. The SMILES string of the molecule is COC(=O)C1CCN(C(=O)CC[C@H]2CNC(=O)[C@@H]3[C@H](CCN3Cc3ccc(F)cc3)N2C)CC1. The van der Waals surface area contributed by atoms with Crippen LogP contribution in [0.2, 0.25) is 0 Å². The van der Waals surface area contributed by atoms with Gasteiger partial charge in [-0.25, -0.2) is 4.39 Å². The van der Waals surface area contributed by atoms with E-state index in [1.807, 2.05) is 4.90 Å². The van der Waals surface area contributed by atoms with Gasteiger partial charge in [-0.1, -0.05) is 12.1 Å². The van der Waals surface area contributed by atoms with Crippen molar-refractivity contribution in [3.8, 4) is 0 Å². The van der Waals surface area contributed by atoms with Gasteiger partial charge in [0.15, 0.2) is 0 Å². The topological polar surface area (TPSA) is 82.2 Å². The van der Waals surface area contributed by atoms with Crippen molar-refractivity contribution in [2.45, 2.75) is 56.8 Å². The monoisotopic (exact) mass is 474 g/mol. The maximum Gasteiger partial charge on any atom is 0.308 e. The molecule has 0 spiro atoms. The third-order valence-electron chi connectivity index (χ3n) is 7.72. The number of amides is 2. The number of methoxy groups -OCH3 is 1. The lowest BCUT2D eigenvalue weighted by molar-refractivity contribution is -0.149. The molecule has 0 aliphatic carbocycles. The van der Waals surface area contributed by atoms with E-state index in [1.165, 1.54) is 19.2 Å². The van der Waals surface area contributed by atoms with Crippen molar-refractivity contribution in [3.05, 3.63) is 35.6 Å². The van der Waals surface area contributed by atoms with Crippen LogP contribution in [-0.2, 0) is 25.7 Å². The highest BCUT2D eigenvalue weighted by Crippen LogP contribution is 2.29. The number of hydrogen-bond acceptors (Lipinski definition) is 6. The van der Waals surface area contributed by atoms with E-state index in [1.54, 1.807) is 12.1 Å². The molecule has 186 valence electrons. The molecule has 3 atom stereocenters. The molecule has 3 aliphatic rings. The number of fused-ring (bicyclic) bond motifs is 1. The largest absolute Gasteiger partial charge is 0.469 e. The van der Waals surface area contributed by atoms with Crippen LogP contribution in [0.3, 0.4) is 0 Å². The molecule has 0 unspecified atom stereocenters. The Morgan fingerprint density at radius 2 is 1.82 bits per heavy atom. The number of carbonyl (C=O) groups excluding carboxylic acids is 3. The van der Waals surface area contributed by atoms with Crippen LogP contribution in [0, 0.1) is 11.7 Å².